The molecule has 42 heavy (non-hydrogen) atoms. The lowest BCUT2D eigenvalue weighted by Crippen LogP contribution is -2.37. The average molecular weight is 597 g/mol. The van der Waals surface area contributed by atoms with Crippen molar-refractivity contribution in [2.45, 2.75) is 95.3 Å². The van der Waals surface area contributed by atoms with Crippen molar-refractivity contribution in [3.05, 3.63) is 47.2 Å². The number of aromatic nitrogens is 4. The van der Waals surface area contributed by atoms with E-state index in [1.165, 1.54) is 10.8 Å². The molecule has 2 aliphatic rings. The van der Waals surface area contributed by atoms with Gasteiger partial charge in [0.2, 0.25) is 11.8 Å². The maximum Gasteiger partial charge on any atom is 0.389 e. The normalized spacial score (nSPS) is 19.3. The van der Waals surface area contributed by atoms with Crippen LogP contribution in [0.3, 0.4) is 0 Å². The van der Waals surface area contributed by atoms with Gasteiger partial charge in [-0.25, -0.2) is 18.3 Å². The quantitative estimate of drug-likeness (QED) is 0.283. The number of fused-ring (bicyclic) bond motifs is 1. The number of rotatable bonds is 10. The molecule has 0 spiro atoms. The monoisotopic (exact) mass is 596 g/mol. The van der Waals surface area contributed by atoms with E-state index < -0.39 is 48.8 Å². The maximum absolute atomic E-state index is 14.0. The molecule has 2 atom stereocenters. The van der Waals surface area contributed by atoms with Gasteiger partial charge >= 0.3 is 6.18 Å². The van der Waals surface area contributed by atoms with Gasteiger partial charge in [0.25, 0.3) is 5.91 Å². The molecule has 5 rings (SSSR count). The number of hydrogen-bond acceptors (Lipinski definition) is 6. The van der Waals surface area contributed by atoms with Crippen LogP contribution in [0, 0.1) is 11.8 Å². The van der Waals surface area contributed by atoms with Gasteiger partial charge in [0.05, 0.1) is 42.3 Å². The molecule has 2 fully saturated rings. The van der Waals surface area contributed by atoms with Crippen LogP contribution in [0.1, 0.15) is 104 Å². The van der Waals surface area contributed by atoms with Crippen LogP contribution >= 0.6 is 0 Å². The summed E-state index contributed by atoms with van der Waals surface area (Å²) in [4.78, 5) is 30.3. The molecule has 9 nitrogen and oxygen atoms in total. The van der Waals surface area contributed by atoms with E-state index in [1.54, 1.807) is 18.5 Å². The molecule has 0 aromatic carbocycles. The zero-order chi connectivity index (χ0) is 30.1. The molecule has 0 radical (unpaired) electrons. The number of carbonyl (C=O) groups excluding carboxylic acids is 2. The molecule has 2 N–H and O–H groups in total. The maximum atomic E-state index is 14.0. The summed E-state index contributed by atoms with van der Waals surface area (Å²) in [6.45, 7) is 1.83. The zero-order valence-electron chi connectivity index (χ0n) is 23.1. The van der Waals surface area contributed by atoms with Crippen LogP contribution in [-0.4, -0.2) is 43.7 Å². The molecule has 0 unspecified atom stereocenters. The van der Waals surface area contributed by atoms with E-state index in [9.17, 15) is 31.5 Å². The SMILES string of the molecule is CCc1nocc1C(=O)N[C@H](c1cn2ncc([C@H](NC(=O)CCC(F)(F)F)C3CCC3)cc2n1)C1CCC(F)(F)CC1. The molecule has 3 heterocycles. The number of amides is 2. The number of carbonyl (C=O) groups is 2. The molecule has 0 aliphatic heterocycles. The van der Waals surface area contributed by atoms with Gasteiger partial charge in [-0.1, -0.05) is 18.5 Å². The number of imidazole rings is 1. The summed E-state index contributed by atoms with van der Waals surface area (Å²) < 4.78 is 72.4. The zero-order valence-corrected chi connectivity index (χ0v) is 23.1. The van der Waals surface area contributed by atoms with E-state index >= 15 is 0 Å². The van der Waals surface area contributed by atoms with Gasteiger partial charge in [0.15, 0.2) is 5.65 Å². The first-order chi connectivity index (χ1) is 19.9. The first-order valence-electron chi connectivity index (χ1n) is 14.3. The van der Waals surface area contributed by atoms with Crippen molar-refractivity contribution >= 4 is 17.5 Å². The van der Waals surface area contributed by atoms with E-state index in [0.717, 1.165) is 19.3 Å². The molecule has 2 amide bonds. The lowest BCUT2D eigenvalue weighted by molar-refractivity contribution is -0.144. The van der Waals surface area contributed by atoms with Crippen molar-refractivity contribution in [3.63, 3.8) is 0 Å². The summed E-state index contributed by atoms with van der Waals surface area (Å²) >= 11 is 0. The number of alkyl halides is 5. The van der Waals surface area contributed by atoms with E-state index in [4.69, 9.17) is 9.51 Å². The van der Waals surface area contributed by atoms with E-state index in [2.05, 4.69) is 20.9 Å². The first-order valence-corrected chi connectivity index (χ1v) is 14.3. The summed E-state index contributed by atoms with van der Waals surface area (Å²) in [7, 11) is 0. The molecule has 3 aromatic rings. The van der Waals surface area contributed by atoms with Gasteiger partial charge in [-0.2, -0.15) is 18.3 Å². The van der Waals surface area contributed by atoms with Crippen LogP contribution in [0.25, 0.3) is 5.65 Å². The van der Waals surface area contributed by atoms with Crippen molar-refractivity contribution in [3.8, 4) is 0 Å². The number of nitrogens with one attached hydrogen (secondary N) is 2. The van der Waals surface area contributed by atoms with Gasteiger partial charge in [-0.15, -0.1) is 0 Å². The lowest BCUT2D eigenvalue weighted by Gasteiger charge is -2.34. The topological polar surface area (TPSA) is 114 Å². The van der Waals surface area contributed by atoms with Gasteiger partial charge < -0.3 is 15.2 Å². The van der Waals surface area contributed by atoms with Crippen LogP contribution in [0.5, 0.6) is 0 Å². The molecule has 0 bridgehead atoms. The predicted molar refractivity (Wildman–Crippen MR) is 139 cm³/mol. The Kier molecular flexibility index (Phi) is 8.51. The first kappa shape index (κ1) is 29.9. The second-order valence-corrected chi connectivity index (χ2v) is 11.3. The highest BCUT2D eigenvalue weighted by atomic mass is 19.4. The molecular weight excluding hydrogens is 563 g/mol. The minimum Gasteiger partial charge on any atom is -0.364 e. The number of hydrogen-bond donors (Lipinski definition) is 2. The van der Waals surface area contributed by atoms with Gasteiger partial charge in [-0.3, -0.25) is 9.59 Å². The van der Waals surface area contributed by atoms with Crippen molar-refractivity contribution in [2.24, 2.45) is 11.8 Å². The molecule has 14 heteroatoms. The third-order valence-corrected chi connectivity index (χ3v) is 8.35. The highest BCUT2D eigenvalue weighted by Gasteiger charge is 2.40. The fraction of sp³-hybridized carbons (Fsp3) is 0.607. The summed E-state index contributed by atoms with van der Waals surface area (Å²) in [5.41, 5.74) is 2.18. The number of aryl methyl sites for hydroxylation is 1. The van der Waals surface area contributed by atoms with Crippen molar-refractivity contribution < 1.29 is 36.1 Å². The Bertz CT molecular complexity index is 1410. The highest BCUT2D eigenvalue weighted by Crippen LogP contribution is 2.42. The minimum absolute atomic E-state index is 0.0609. The largest absolute Gasteiger partial charge is 0.389 e. The van der Waals surface area contributed by atoms with Crippen LogP contribution in [0.2, 0.25) is 0 Å². The van der Waals surface area contributed by atoms with Crippen molar-refractivity contribution in [1.82, 2.24) is 30.4 Å². The smallest absolute Gasteiger partial charge is 0.364 e. The predicted octanol–water partition coefficient (Wildman–Crippen LogP) is 5.88. The standard InChI is InChI=1S/C28H33F5N6O3/c1-2-20-19(15-42-38-20)26(41)37-25(17-6-9-27(29,30)10-7-17)21-14-39-22(35-21)12-18(13-34-39)24(16-4-3-5-16)36-23(40)8-11-28(31,32)33/h12-17,24-25H,2-11H2,1H3,(H,36,40)(H,37,41)/t24-,25+/m1/s1. The molecule has 228 valence electrons. The Morgan fingerprint density at radius 1 is 1.12 bits per heavy atom. The summed E-state index contributed by atoms with van der Waals surface area (Å²) in [6, 6.07) is 0.504. The third-order valence-electron chi connectivity index (χ3n) is 8.35. The Balaban J connectivity index is 1.41. The third kappa shape index (κ3) is 6.89. The molecule has 2 aliphatic carbocycles. The Labute approximate surface area is 238 Å². The lowest BCUT2D eigenvalue weighted by atomic mass is 9.77. The van der Waals surface area contributed by atoms with Crippen molar-refractivity contribution in [1.29, 1.82) is 0 Å². The molecule has 3 aromatic heterocycles. The Hall–Kier alpha value is -3.58. The van der Waals surface area contributed by atoms with Gasteiger partial charge in [0.1, 0.15) is 11.8 Å². The molecule has 2 saturated carbocycles. The van der Waals surface area contributed by atoms with Crippen LogP contribution in [0.15, 0.2) is 29.2 Å². The van der Waals surface area contributed by atoms with Crippen molar-refractivity contribution in [2.75, 3.05) is 0 Å². The van der Waals surface area contributed by atoms with E-state index in [0.29, 0.717) is 29.0 Å². The minimum atomic E-state index is -4.43. The van der Waals surface area contributed by atoms with E-state index in [1.807, 2.05) is 6.92 Å². The second kappa shape index (κ2) is 12.0. The van der Waals surface area contributed by atoms with E-state index in [-0.39, 0.29) is 43.1 Å². The number of nitrogens with zero attached hydrogens (tertiary/aromatic N) is 4. The summed E-state index contributed by atoms with van der Waals surface area (Å²) in [6.07, 6.45) is 0.956. The molecule has 0 saturated heterocycles. The van der Waals surface area contributed by atoms with Crippen LogP contribution < -0.4 is 10.6 Å². The summed E-state index contributed by atoms with van der Waals surface area (Å²) in [5.74, 6) is -4.15. The fourth-order valence-corrected chi connectivity index (χ4v) is 5.72. The van der Waals surface area contributed by atoms with Gasteiger partial charge in [-0.05, 0) is 55.6 Å². The Morgan fingerprint density at radius 2 is 1.83 bits per heavy atom. The van der Waals surface area contributed by atoms with Crippen LogP contribution in [-0.2, 0) is 11.2 Å². The molecular formula is C28H33F5N6O3. The fourth-order valence-electron chi connectivity index (χ4n) is 5.72. The second-order valence-electron chi connectivity index (χ2n) is 11.3. The van der Waals surface area contributed by atoms with Gasteiger partial charge in [0, 0.05) is 19.3 Å². The summed E-state index contributed by atoms with van der Waals surface area (Å²) in [5, 5.41) is 14.0. The average Bonchev–Trinajstić information content (AvgIpc) is 3.55. The highest BCUT2D eigenvalue weighted by molar-refractivity contribution is 5.95. The number of halogens is 5. The van der Waals surface area contributed by atoms with Crippen LogP contribution in [0.4, 0.5) is 22.0 Å². The Morgan fingerprint density at radius 3 is 2.48 bits per heavy atom.